The lowest BCUT2D eigenvalue weighted by molar-refractivity contribution is 0.407. The molecule has 0 aliphatic rings. The minimum absolute atomic E-state index is 0.565. The van der Waals surface area contributed by atoms with Crippen LogP contribution in [0.1, 0.15) is 44.6 Å². The number of nitrogens with one attached hydrogen (secondary N) is 1. The Balaban J connectivity index is 2.36. The minimum atomic E-state index is 0.565. The SMILES string of the molecule is CCCCCCCNCc1cc(Cl)cc(Cl)c1OC. The average molecular weight is 304 g/mol. The van der Waals surface area contributed by atoms with Crippen molar-refractivity contribution < 1.29 is 4.74 Å². The van der Waals surface area contributed by atoms with Crippen LogP contribution in [0, 0.1) is 0 Å². The van der Waals surface area contributed by atoms with Crippen LogP contribution < -0.4 is 10.1 Å². The normalized spacial score (nSPS) is 10.7. The smallest absolute Gasteiger partial charge is 0.142 e. The Labute approximate surface area is 126 Å². The van der Waals surface area contributed by atoms with Gasteiger partial charge in [-0.1, -0.05) is 55.8 Å². The van der Waals surface area contributed by atoms with Crippen LogP contribution in [-0.4, -0.2) is 13.7 Å². The highest BCUT2D eigenvalue weighted by Crippen LogP contribution is 2.31. The number of unbranched alkanes of at least 4 members (excludes halogenated alkanes) is 4. The summed E-state index contributed by atoms with van der Waals surface area (Å²) in [5.74, 6) is 0.713. The van der Waals surface area contributed by atoms with Gasteiger partial charge in [-0.05, 0) is 25.1 Å². The van der Waals surface area contributed by atoms with Crippen molar-refractivity contribution in [3.63, 3.8) is 0 Å². The van der Waals surface area contributed by atoms with Crippen LogP contribution in [0.5, 0.6) is 5.75 Å². The second kappa shape index (κ2) is 9.46. The lowest BCUT2D eigenvalue weighted by Crippen LogP contribution is -2.15. The molecule has 2 nitrogen and oxygen atoms in total. The second-order valence-electron chi connectivity index (χ2n) is 4.67. The fourth-order valence-electron chi connectivity index (χ4n) is 2.05. The lowest BCUT2D eigenvalue weighted by Gasteiger charge is -2.12. The Bertz CT molecular complexity index is 383. The molecule has 1 aromatic rings. The Morgan fingerprint density at radius 1 is 1.11 bits per heavy atom. The number of hydrogen-bond donors (Lipinski definition) is 1. The number of hydrogen-bond acceptors (Lipinski definition) is 2. The van der Waals surface area contributed by atoms with Crippen molar-refractivity contribution in [1.29, 1.82) is 0 Å². The third-order valence-corrected chi connectivity index (χ3v) is 3.56. The molecule has 0 bridgehead atoms. The van der Waals surface area contributed by atoms with Gasteiger partial charge in [0.25, 0.3) is 0 Å². The van der Waals surface area contributed by atoms with E-state index in [1.165, 1.54) is 32.1 Å². The molecule has 0 fully saturated rings. The van der Waals surface area contributed by atoms with Crippen LogP contribution in [0.15, 0.2) is 12.1 Å². The first-order valence-electron chi connectivity index (χ1n) is 6.91. The molecule has 0 aliphatic heterocycles. The quantitative estimate of drug-likeness (QED) is 0.644. The Hall–Kier alpha value is -0.440. The molecule has 0 amide bonds. The van der Waals surface area contributed by atoms with Gasteiger partial charge >= 0.3 is 0 Å². The van der Waals surface area contributed by atoms with E-state index in [1.54, 1.807) is 13.2 Å². The van der Waals surface area contributed by atoms with Gasteiger partial charge in [0.1, 0.15) is 5.75 Å². The van der Waals surface area contributed by atoms with Gasteiger partial charge in [0.2, 0.25) is 0 Å². The summed E-state index contributed by atoms with van der Waals surface area (Å²) in [5.41, 5.74) is 1.01. The van der Waals surface area contributed by atoms with Gasteiger partial charge in [0, 0.05) is 17.1 Å². The highest BCUT2D eigenvalue weighted by molar-refractivity contribution is 6.35. The van der Waals surface area contributed by atoms with E-state index < -0.39 is 0 Å². The van der Waals surface area contributed by atoms with Crippen molar-refractivity contribution in [2.45, 2.75) is 45.6 Å². The van der Waals surface area contributed by atoms with Crippen LogP contribution >= 0.6 is 23.2 Å². The zero-order chi connectivity index (χ0) is 14.1. The molecule has 0 spiro atoms. The van der Waals surface area contributed by atoms with Crippen molar-refractivity contribution in [2.75, 3.05) is 13.7 Å². The van der Waals surface area contributed by atoms with Gasteiger partial charge in [-0.25, -0.2) is 0 Å². The van der Waals surface area contributed by atoms with E-state index >= 15 is 0 Å². The van der Waals surface area contributed by atoms with Crippen molar-refractivity contribution in [1.82, 2.24) is 5.32 Å². The summed E-state index contributed by atoms with van der Waals surface area (Å²) in [5, 5.41) is 4.62. The summed E-state index contributed by atoms with van der Waals surface area (Å²) in [6.45, 7) is 3.97. The summed E-state index contributed by atoms with van der Waals surface area (Å²) >= 11 is 12.1. The third-order valence-electron chi connectivity index (χ3n) is 3.06. The molecule has 0 aliphatic carbocycles. The summed E-state index contributed by atoms with van der Waals surface area (Å²) in [6.07, 6.45) is 6.43. The van der Waals surface area contributed by atoms with Gasteiger partial charge in [-0.15, -0.1) is 0 Å². The molecular formula is C15H23Cl2NO. The molecule has 0 radical (unpaired) electrons. The summed E-state index contributed by atoms with van der Waals surface area (Å²) in [4.78, 5) is 0. The molecule has 19 heavy (non-hydrogen) atoms. The van der Waals surface area contributed by atoms with Crippen LogP contribution in [-0.2, 0) is 6.54 Å². The maximum atomic E-state index is 6.09. The topological polar surface area (TPSA) is 21.3 Å². The van der Waals surface area contributed by atoms with Crippen LogP contribution in [0.4, 0.5) is 0 Å². The molecule has 0 aromatic heterocycles. The van der Waals surface area contributed by atoms with E-state index in [4.69, 9.17) is 27.9 Å². The molecule has 0 atom stereocenters. The fourth-order valence-corrected chi connectivity index (χ4v) is 2.66. The van der Waals surface area contributed by atoms with E-state index in [9.17, 15) is 0 Å². The molecule has 1 aromatic carbocycles. The molecule has 1 rings (SSSR count). The molecular weight excluding hydrogens is 281 g/mol. The number of methoxy groups -OCH3 is 1. The maximum Gasteiger partial charge on any atom is 0.142 e. The van der Waals surface area contributed by atoms with E-state index in [-0.39, 0.29) is 0 Å². The van der Waals surface area contributed by atoms with Crippen LogP contribution in [0.3, 0.4) is 0 Å². The number of rotatable bonds is 9. The largest absolute Gasteiger partial charge is 0.495 e. The highest BCUT2D eigenvalue weighted by atomic mass is 35.5. The van der Waals surface area contributed by atoms with Crippen LogP contribution in [0.2, 0.25) is 10.0 Å². The molecule has 0 saturated heterocycles. The predicted octanol–water partition coefficient (Wildman–Crippen LogP) is 5.06. The summed E-state index contributed by atoms with van der Waals surface area (Å²) in [7, 11) is 1.63. The first kappa shape index (κ1) is 16.6. The maximum absolute atomic E-state index is 6.09. The van der Waals surface area contributed by atoms with E-state index in [2.05, 4.69) is 12.2 Å². The highest BCUT2D eigenvalue weighted by Gasteiger charge is 2.09. The summed E-state index contributed by atoms with van der Waals surface area (Å²) < 4.78 is 5.31. The minimum Gasteiger partial charge on any atom is -0.495 e. The average Bonchev–Trinajstić information content (AvgIpc) is 2.37. The van der Waals surface area contributed by atoms with Gasteiger partial charge < -0.3 is 10.1 Å². The summed E-state index contributed by atoms with van der Waals surface area (Å²) in [6, 6.07) is 3.60. The number of halogens is 2. The van der Waals surface area contributed by atoms with E-state index in [0.29, 0.717) is 15.8 Å². The molecule has 0 saturated carbocycles. The first-order valence-corrected chi connectivity index (χ1v) is 7.67. The monoisotopic (exact) mass is 303 g/mol. The Kier molecular flexibility index (Phi) is 8.27. The predicted molar refractivity (Wildman–Crippen MR) is 83.5 cm³/mol. The third kappa shape index (κ3) is 6.03. The van der Waals surface area contributed by atoms with Gasteiger partial charge in [0.05, 0.1) is 12.1 Å². The molecule has 0 unspecified atom stereocenters. The first-order chi connectivity index (χ1) is 9.19. The van der Waals surface area contributed by atoms with Gasteiger partial charge in [-0.2, -0.15) is 0 Å². The zero-order valence-corrected chi connectivity index (χ0v) is 13.3. The van der Waals surface area contributed by atoms with Crippen molar-refractivity contribution in [3.05, 3.63) is 27.7 Å². The molecule has 1 N–H and O–H groups in total. The second-order valence-corrected chi connectivity index (χ2v) is 5.51. The lowest BCUT2D eigenvalue weighted by atomic mass is 10.1. The Morgan fingerprint density at radius 3 is 2.53 bits per heavy atom. The number of ether oxygens (including phenoxy) is 1. The van der Waals surface area contributed by atoms with Gasteiger partial charge in [-0.3, -0.25) is 0 Å². The molecule has 4 heteroatoms. The molecule has 0 heterocycles. The number of benzene rings is 1. The fraction of sp³-hybridized carbons (Fsp3) is 0.600. The van der Waals surface area contributed by atoms with E-state index in [1.807, 2.05) is 6.07 Å². The van der Waals surface area contributed by atoms with Crippen molar-refractivity contribution in [2.24, 2.45) is 0 Å². The standard InChI is InChI=1S/C15H23Cl2NO/c1-3-4-5-6-7-8-18-11-12-9-13(16)10-14(17)15(12)19-2/h9-10,18H,3-8,11H2,1-2H3. The van der Waals surface area contributed by atoms with Gasteiger partial charge in [0.15, 0.2) is 0 Å². The van der Waals surface area contributed by atoms with E-state index in [0.717, 1.165) is 18.7 Å². The van der Waals surface area contributed by atoms with Crippen molar-refractivity contribution >= 4 is 23.2 Å². The molecule has 108 valence electrons. The van der Waals surface area contributed by atoms with Crippen molar-refractivity contribution in [3.8, 4) is 5.75 Å². The zero-order valence-electron chi connectivity index (χ0n) is 11.8. The van der Waals surface area contributed by atoms with Crippen LogP contribution in [0.25, 0.3) is 0 Å². The Morgan fingerprint density at radius 2 is 1.84 bits per heavy atom.